The number of aryl methyl sites for hydroxylation is 1. The highest BCUT2D eigenvalue weighted by Gasteiger charge is 2.62. The van der Waals surface area contributed by atoms with Crippen molar-refractivity contribution < 1.29 is 22.8 Å². The molecule has 3 aromatic rings. The molecular weight excluding hydrogens is 514 g/mol. The minimum Gasteiger partial charge on any atom is -0.374 e. The van der Waals surface area contributed by atoms with Crippen LogP contribution in [0.2, 0.25) is 10.0 Å². The highest BCUT2D eigenvalue weighted by Crippen LogP contribution is 2.49. The van der Waals surface area contributed by atoms with Crippen LogP contribution in [0.5, 0.6) is 0 Å². The summed E-state index contributed by atoms with van der Waals surface area (Å²) in [7, 11) is 0. The van der Waals surface area contributed by atoms with Crippen LogP contribution in [0.3, 0.4) is 0 Å². The smallest absolute Gasteiger partial charge is 0.374 e. The van der Waals surface area contributed by atoms with Crippen molar-refractivity contribution in [1.29, 1.82) is 0 Å². The first-order valence-electron chi connectivity index (χ1n) is 9.70. The molecule has 1 aromatic heterocycles. The lowest BCUT2D eigenvalue weighted by atomic mass is 9.86. The third kappa shape index (κ3) is 4.59. The molecule has 2 heterocycles. The van der Waals surface area contributed by atoms with Crippen LogP contribution in [0.4, 0.5) is 19.1 Å². The van der Waals surface area contributed by atoms with Gasteiger partial charge in [0, 0.05) is 27.6 Å². The van der Waals surface area contributed by atoms with E-state index in [1.165, 1.54) is 30.0 Å². The molecule has 0 radical (unpaired) electrons. The summed E-state index contributed by atoms with van der Waals surface area (Å²) in [5.41, 5.74) is -1.68. The van der Waals surface area contributed by atoms with Crippen LogP contribution in [0, 0.1) is 6.92 Å². The second-order valence-corrected chi connectivity index (χ2v) is 9.12. The zero-order valence-electron chi connectivity index (χ0n) is 17.6. The molecule has 4 rings (SSSR count). The summed E-state index contributed by atoms with van der Waals surface area (Å²) in [6.45, 7) is 1.66. The van der Waals surface area contributed by atoms with Gasteiger partial charge in [-0.1, -0.05) is 46.2 Å². The Hall–Kier alpha value is -2.76. The van der Waals surface area contributed by atoms with Crippen LogP contribution in [-0.4, -0.2) is 39.2 Å². The lowest BCUT2D eigenvalue weighted by Crippen LogP contribution is -2.42. The standard InChI is InChI=1S/C21H16Cl2F3N5O2S/c1-10-5-11(3-4-15(10)17(32)27-18-28-19(34-2)30-29-18)16-9-20(33-31-16,21(24,25)26)12-6-13(22)8-14(23)7-12/h3-8H,9H2,1-2H3,(H2,27,28,29,30,32). The molecule has 2 aromatic carbocycles. The number of hydrogen-bond acceptors (Lipinski definition) is 6. The largest absolute Gasteiger partial charge is 0.435 e. The molecule has 7 nitrogen and oxygen atoms in total. The Labute approximate surface area is 206 Å². The van der Waals surface area contributed by atoms with Gasteiger partial charge in [0.1, 0.15) is 0 Å². The summed E-state index contributed by atoms with van der Waals surface area (Å²) in [6, 6.07) is 8.23. The Bertz CT molecular complexity index is 1280. The van der Waals surface area contributed by atoms with E-state index in [1.54, 1.807) is 19.2 Å². The van der Waals surface area contributed by atoms with E-state index in [9.17, 15) is 18.0 Å². The molecule has 0 saturated heterocycles. The van der Waals surface area contributed by atoms with Gasteiger partial charge in [0.2, 0.25) is 5.95 Å². The van der Waals surface area contributed by atoms with Crippen molar-refractivity contribution in [2.45, 2.75) is 30.3 Å². The summed E-state index contributed by atoms with van der Waals surface area (Å²) in [5, 5.41) is 14.6. The van der Waals surface area contributed by atoms with Gasteiger partial charge >= 0.3 is 6.18 Å². The van der Waals surface area contributed by atoms with E-state index in [0.717, 1.165) is 12.1 Å². The Morgan fingerprint density at radius 1 is 1.18 bits per heavy atom. The van der Waals surface area contributed by atoms with Gasteiger partial charge in [0.05, 0.1) is 5.71 Å². The van der Waals surface area contributed by atoms with Gasteiger partial charge in [-0.15, -0.1) is 10.2 Å². The monoisotopic (exact) mass is 529 g/mol. The molecule has 0 spiro atoms. The summed E-state index contributed by atoms with van der Waals surface area (Å²) in [4.78, 5) is 20.5. The Kier molecular flexibility index (Phi) is 6.54. The topological polar surface area (TPSA) is 92.3 Å². The molecule has 0 fully saturated rings. The predicted molar refractivity (Wildman–Crippen MR) is 124 cm³/mol. The van der Waals surface area contributed by atoms with Gasteiger partial charge in [0.25, 0.3) is 11.5 Å². The van der Waals surface area contributed by atoms with Gasteiger partial charge in [-0.05, 0) is 54.6 Å². The Morgan fingerprint density at radius 3 is 2.47 bits per heavy atom. The first-order valence-corrected chi connectivity index (χ1v) is 11.7. The zero-order chi connectivity index (χ0) is 24.7. The molecule has 34 heavy (non-hydrogen) atoms. The van der Waals surface area contributed by atoms with Crippen LogP contribution >= 0.6 is 35.0 Å². The number of nitrogens with one attached hydrogen (secondary N) is 2. The number of aromatic amines is 1. The average Bonchev–Trinajstić information content (AvgIpc) is 3.40. The van der Waals surface area contributed by atoms with Crippen LogP contribution < -0.4 is 5.32 Å². The minimum absolute atomic E-state index is 0.0470. The second-order valence-electron chi connectivity index (χ2n) is 7.46. The fourth-order valence-corrected chi connectivity index (χ4v) is 4.36. The SMILES string of the molecule is CSc1nnc(NC(=O)c2ccc(C3=NOC(c4cc(Cl)cc(Cl)c4)(C(F)(F)F)C3)cc2C)[nH]1. The van der Waals surface area contributed by atoms with Crippen molar-refractivity contribution in [3.8, 4) is 0 Å². The number of hydrogen-bond donors (Lipinski definition) is 2. The second kappa shape index (κ2) is 9.12. The van der Waals surface area contributed by atoms with Gasteiger partial charge < -0.3 is 9.82 Å². The number of carbonyl (C=O) groups excluding carboxylic acids is 1. The maximum absolute atomic E-state index is 14.2. The normalized spacial score (nSPS) is 17.9. The van der Waals surface area contributed by atoms with Crippen LogP contribution in [0.15, 0.2) is 46.7 Å². The first-order chi connectivity index (χ1) is 16.0. The Balaban J connectivity index is 1.59. The van der Waals surface area contributed by atoms with Gasteiger partial charge in [-0.3, -0.25) is 10.1 Å². The summed E-state index contributed by atoms with van der Waals surface area (Å²) in [6.07, 6.45) is -3.58. The summed E-state index contributed by atoms with van der Waals surface area (Å²) >= 11 is 13.2. The summed E-state index contributed by atoms with van der Waals surface area (Å²) in [5.74, 6) is -0.266. The van der Waals surface area contributed by atoms with E-state index in [4.69, 9.17) is 28.0 Å². The molecule has 13 heteroatoms. The van der Waals surface area contributed by atoms with Crippen LogP contribution in [0.1, 0.15) is 33.5 Å². The van der Waals surface area contributed by atoms with E-state index in [-0.39, 0.29) is 27.3 Å². The minimum atomic E-state index is -4.80. The molecule has 1 atom stereocenters. The van der Waals surface area contributed by atoms with Crippen molar-refractivity contribution in [3.63, 3.8) is 0 Å². The number of amides is 1. The predicted octanol–water partition coefficient (Wildman–Crippen LogP) is 5.98. The molecule has 0 saturated carbocycles. The lowest BCUT2D eigenvalue weighted by Gasteiger charge is -2.29. The number of carbonyl (C=O) groups is 1. The average molecular weight is 530 g/mol. The number of thioether (sulfide) groups is 1. The number of halogens is 5. The number of benzene rings is 2. The molecular formula is C21H16Cl2F3N5O2S. The number of anilines is 1. The maximum Gasteiger partial charge on any atom is 0.435 e. The van der Waals surface area contributed by atoms with Gasteiger partial charge in [-0.25, -0.2) is 0 Å². The lowest BCUT2D eigenvalue weighted by molar-refractivity contribution is -0.275. The van der Waals surface area contributed by atoms with Crippen molar-refractivity contribution in [2.75, 3.05) is 11.6 Å². The van der Waals surface area contributed by atoms with Crippen molar-refractivity contribution in [3.05, 3.63) is 68.7 Å². The number of rotatable bonds is 5. The van der Waals surface area contributed by atoms with E-state index in [1.807, 2.05) is 0 Å². The van der Waals surface area contributed by atoms with Gasteiger partial charge in [-0.2, -0.15) is 13.2 Å². The molecule has 0 aliphatic carbocycles. The highest BCUT2D eigenvalue weighted by molar-refractivity contribution is 7.98. The molecule has 1 amide bonds. The fourth-order valence-electron chi connectivity index (χ4n) is 3.51. The first kappa shape index (κ1) is 24.4. The number of alkyl halides is 3. The quantitative estimate of drug-likeness (QED) is 0.397. The molecule has 1 aliphatic rings. The third-order valence-corrected chi connectivity index (χ3v) is 6.22. The van der Waals surface area contributed by atoms with Crippen molar-refractivity contribution in [2.24, 2.45) is 5.16 Å². The third-order valence-electron chi connectivity index (χ3n) is 5.21. The molecule has 1 aliphatic heterocycles. The molecule has 2 N–H and O–H groups in total. The zero-order valence-corrected chi connectivity index (χ0v) is 20.0. The van der Waals surface area contributed by atoms with Crippen LogP contribution in [0.25, 0.3) is 0 Å². The van der Waals surface area contributed by atoms with Crippen molar-refractivity contribution >= 4 is 52.5 Å². The van der Waals surface area contributed by atoms with E-state index >= 15 is 0 Å². The van der Waals surface area contributed by atoms with E-state index in [2.05, 4.69) is 25.7 Å². The number of aromatic nitrogens is 3. The number of oxime groups is 1. The Morgan fingerprint density at radius 2 is 1.88 bits per heavy atom. The number of H-pyrrole nitrogens is 1. The highest BCUT2D eigenvalue weighted by atomic mass is 35.5. The van der Waals surface area contributed by atoms with Crippen LogP contribution in [-0.2, 0) is 10.4 Å². The summed E-state index contributed by atoms with van der Waals surface area (Å²) < 4.78 is 42.6. The van der Waals surface area contributed by atoms with Gasteiger partial charge in [0.15, 0.2) is 5.16 Å². The van der Waals surface area contributed by atoms with E-state index in [0.29, 0.717) is 21.8 Å². The maximum atomic E-state index is 14.2. The fraction of sp³-hybridized carbons (Fsp3) is 0.238. The van der Waals surface area contributed by atoms with E-state index < -0.39 is 24.1 Å². The molecule has 0 bridgehead atoms. The number of nitrogens with zero attached hydrogens (tertiary/aromatic N) is 3. The molecule has 178 valence electrons. The molecule has 1 unspecified atom stereocenters. The van der Waals surface area contributed by atoms with Crippen molar-refractivity contribution in [1.82, 2.24) is 15.2 Å².